The van der Waals surface area contributed by atoms with Gasteiger partial charge in [0.1, 0.15) is 5.69 Å². The summed E-state index contributed by atoms with van der Waals surface area (Å²) in [6.07, 6.45) is 1.15. The van der Waals surface area contributed by atoms with E-state index in [0.717, 1.165) is 37.1 Å². The second-order valence-electron chi connectivity index (χ2n) is 5.51. The Morgan fingerprint density at radius 3 is 2.57 bits per heavy atom. The van der Waals surface area contributed by atoms with Crippen LogP contribution in [0, 0.1) is 5.82 Å². The van der Waals surface area contributed by atoms with Crippen LogP contribution in [-0.4, -0.2) is 64.2 Å². The van der Waals surface area contributed by atoms with Crippen molar-refractivity contribution in [3.8, 4) is 5.69 Å². The van der Waals surface area contributed by atoms with Crippen LogP contribution in [-0.2, 0) is 0 Å². The van der Waals surface area contributed by atoms with Gasteiger partial charge in [-0.1, -0.05) is 5.21 Å². The largest absolute Gasteiger partial charge is 0.476 e. The number of benzene rings is 1. The first-order chi connectivity index (χ1) is 11.0. The number of carbonyl (C=O) groups is 1. The van der Waals surface area contributed by atoms with E-state index < -0.39 is 11.8 Å². The summed E-state index contributed by atoms with van der Waals surface area (Å²) in [5.74, 6) is -1.76. The average molecular weight is 320 g/mol. The molecule has 8 nitrogen and oxygen atoms in total. The number of anilines is 2. The van der Waals surface area contributed by atoms with Gasteiger partial charge < -0.3 is 20.6 Å². The Balaban J connectivity index is 1.92. The molecule has 0 aliphatic carbocycles. The molecule has 2 heterocycles. The Labute approximate surface area is 131 Å². The Hall–Kier alpha value is -2.68. The van der Waals surface area contributed by atoms with Crippen molar-refractivity contribution in [3.63, 3.8) is 0 Å². The van der Waals surface area contributed by atoms with Crippen molar-refractivity contribution in [2.45, 2.75) is 0 Å². The van der Waals surface area contributed by atoms with Crippen LogP contribution in [0.3, 0.4) is 0 Å². The lowest BCUT2D eigenvalue weighted by Gasteiger charge is -2.34. The van der Waals surface area contributed by atoms with Crippen LogP contribution in [0.1, 0.15) is 10.5 Å². The lowest BCUT2D eigenvalue weighted by atomic mass is 10.2. The Kier molecular flexibility index (Phi) is 3.87. The Morgan fingerprint density at radius 1 is 1.26 bits per heavy atom. The van der Waals surface area contributed by atoms with Crippen LogP contribution in [0.4, 0.5) is 15.8 Å². The molecular weight excluding hydrogens is 303 g/mol. The molecule has 3 N–H and O–H groups in total. The highest BCUT2D eigenvalue weighted by atomic mass is 19.1. The molecule has 1 fully saturated rings. The van der Waals surface area contributed by atoms with Crippen LogP contribution in [0.25, 0.3) is 5.69 Å². The molecule has 9 heteroatoms. The van der Waals surface area contributed by atoms with Gasteiger partial charge in [0.15, 0.2) is 11.5 Å². The minimum Gasteiger partial charge on any atom is -0.476 e. The first-order valence-electron chi connectivity index (χ1n) is 7.14. The monoisotopic (exact) mass is 320 g/mol. The molecule has 1 aliphatic rings. The number of aromatic carboxylic acids is 1. The fraction of sp³-hybridized carbons (Fsp3) is 0.357. The summed E-state index contributed by atoms with van der Waals surface area (Å²) in [4.78, 5) is 15.1. The molecule has 0 bridgehead atoms. The van der Waals surface area contributed by atoms with Crippen molar-refractivity contribution in [1.29, 1.82) is 0 Å². The molecule has 23 heavy (non-hydrogen) atoms. The average Bonchev–Trinajstić information content (AvgIpc) is 3.00. The highest BCUT2D eigenvalue weighted by molar-refractivity contribution is 5.84. The van der Waals surface area contributed by atoms with Gasteiger partial charge in [-0.2, -0.15) is 0 Å². The number of piperazine rings is 1. The summed E-state index contributed by atoms with van der Waals surface area (Å²) in [6, 6.07) is 2.81. The summed E-state index contributed by atoms with van der Waals surface area (Å²) in [7, 11) is 2.04. The predicted molar refractivity (Wildman–Crippen MR) is 82.4 cm³/mol. The molecule has 1 aromatic heterocycles. The zero-order valence-electron chi connectivity index (χ0n) is 12.6. The highest BCUT2D eigenvalue weighted by Gasteiger charge is 2.20. The summed E-state index contributed by atoms with van der Waals surface area (Å²) in [5, 5.41) is 16.0. The lowest BCUT2D eigenvalue weighted by Crippen LogP contribution is -2.44. The van der Waals surface area contributed by atoms with E-state index >= 15 is 0 Å². The lowest BCUT2D eigenvalue weighted by molar-refractivity contribution is 0.0690. The molecule has 1 aromatic carbocycles. The second kappa shape index (κ2) is 5.84. The number of halogens is 1. The van der Waals surface area contributed by atoms with E-state index in [1.807, 2.05) is 11.9 Å². The topological polar surface area (TPSA) is 101 Å². The molecule has 1 saturated heterocycles. The van der Waals surface area contributed by atoms with E-state index in [1.165, 1.54) is 12.1 Å². The third-order valence-corrected chi connectivity index (χ3v) is 3.90. The number of rotatable bonds is 3. The minimum absolute atomic E-state index is 0.0698. The van der Waals surface area contributed by atoms with Crippen LogP contribution in [0.15, 0.2) is 18.3 Å². The third-order valence-electron chi connectivity index (χ3n) is 3.90. The van der Waals surface area contributed by atoms with Crippen LogP contribution in [0.5, 0.6) is 0 Å². The summed E-state index contributed by atoms with van der Waals surface area (Å²) >= 11 is 0. The molecule has 0 saturated carbocycles. The molecule has 0 radical (unpaired) electrons. The van der Waals surface area contributed by atoms with E-state index in [2.05, 4.69) is 15.2 Å². The van der Waals surface area contributed by atoms with Gasteiger partial charge in [-0.25, -0.2) is 13.9 Å². The van der Waals surface area contributed by atoms with Gasteiger partial charge in [0.2, 0.25) is 0 Å². The zero-order chi connectivity index (χ0) is 16.6. The number of carboxylic acids is 1. The Bertz CT molecular complexity index is 739. The van der Waals surface area contributed by atoms with Gasteiger partial charge in [-0.15, -0.1) is 5.10 Å². The normalized spacial score (nSPS) is 15.8. The van der Waals surface area contributed by atoms with E-state index in [4.69, 9.17) is 10.8 Å². The van der Waals surface area contributed by atoms with Gasteiger partial charge in [0.25, 0.3) is 0 Å². The smallest absolute Gasteiger partial charge is 0.358 e. The minimum atomic E-state index is -1.22. The maximum Gasteiger partial charge on any atom is 0.358 e. The fourth-order valence-electron chi connectivity index (χ4n) is 2.54. The number of carboxylic acid groups (broad SMARTS) is 1. The summed E-state index contributed by atoms with van der Waals surface area (Å²) < 4.78 is 15.5. The van der Waals surface area contributed by atoms with Crippen molar-refractivity contribution in [2.75, 3.05) is 43.9 Å². The molecule has 0 amide bonds. The van der Waals surface area contributed by atoms with Crippen molar-refractivity contribution < 1.29 is 14.3 Å². The van der Waals surface area contributed by atoms with Gasteiger partial charge in [0, 0.05) is 32.2 Å². The number of hydrogen-bond acceptors (Lipinski definition) is 6. The van der Waals surface area contributed by atoms with Gasteiger partial charge in [-0.05, 0) is 13.1 Å². The maximum absolute atomic E-state index is 14.4. The quantitative estimate of drug-likeness (QED) is 0.791. The van der Waals surface area contributed by atoms with Crippen LogP contribution >= 0.6 is 0 Å². The molecule has 3 rings (SSSR count). The third kappa shape index (κ3) is 2.95. The number of hydrogen-bond donors (Lipinski definition) is 2. The summed E-state index contributed by atoms with van der Waals surface area (Å²) in [5.41, 5.74) is 6.92. The number of likely N-dealkylation sites (N-methyl/N-ethyl adjacent to an activating group) is 1. The molecule has 0 unspecified atom stereocenters. The number of nitrogens with two attached hydrogens (primary N) is 1. The molecule has 0 atom stereocenters. The standard InChI is InChI=1S/C14H17FN6O2/c1-19-2-4-20(5-3-19)13-6-9(15)12(7-10(13)16)21-8-11(14(22)23)17-18-21/h6-8H,2-5,16H2,1H3,(H,22,23). The molecule has 2 aromatic rings. The first-order valence-corrected chi connectivity index (χ1v) is 7.14. The molecular formula is C14H17FN6O2. The van der Waals surface area contributed by atoms with Crippen LogP contribution in [0.2, 0.25) is 0 Å². The van der Waals surface area contributed by atoms with Crippen molar-refractivity contribution in [2.24, 2.45) is 0 Å². The summed E-state index contributed by atoms with van der Waals surface area (Å²) in [6.45, 7) is 3.31. The van der Waals surface area contributed by atoms with Crippen molar-refractivity contribution in [1.82, 2.24) is 19.9 Å². The van der Waals surface area contributed by atoms with Gasteiger partial charge in [0.05, 0.1) is 17.6 Å². The number of aromatic nitrogens is 3. The number of nitrogens with zero attached hydrogens (tertiary/aromatic N) is 5. The first kappa shape index (κ1) is 15.2. The highest BCUT2D eigenvalue weighted by Crippen LogP contribution is 2.29. The maximum atomic E-state index is 14.4. The predicted octanol–water partition coefficient (Wildman–Crippen LogP) is 0.439. The van der Waals surface area contributed by atoms with E-state index in [-0.39, 0.29) is 11.4 Å². The molecule has 0 spiro atoms. The SMILES string of the molecule is CN1CCN(c2cc(F)c(-n3cc(C(=O)O)nn3)cc2N)CC1. The van der Waals surface area contributed by atoms with Crippen molar-refractivity contribution in [3.05, 3.63) is 29.8 Å². The number of nitrogen functional groups attached to an aromatic ring is 1. The van der Waals surface area contributed by atoms with Gasteiger partial charge in [-0.3, -0.25) is 0 Å². The van der Waals surface area contributed by atoms with Crippen molar-refractivity contribution >= 4 is 17.3 Å². The fourth-order valence-corrected chi connectivity index (χ4v) is 2.54. The Morgan fingerprint density at radius 2 is 1.96 bits per heavy atom. The molecule has 1 aliphatic heterocycles. The van der Waals surface area contributed by atoms with E-state index in [0.29, 0.717) is 11.4 Å². The zero-order valence-corrected chi connectivity index (χ0v) is 12.6. The second-order valence-corrected chi connectivity index (χ2v) is 5.51. The van der Waals surface area contributed by atoms with E-state index in [9.17, 15) is 9.18 Å². The van der Waals surface area contributed by atoms with Crippen LogP contribution < -0.4 is 10.6 Å². The molecule has 122 valence electrons. The van der Waals surface area contributed by atoms with Gasteiger partial charge >= 0.3 is 5.97 Å². The van der Waals surface area contributed by atoms with E-state index in [1.54, 1.807) is 0 Å².